The van der Waals surface area contributed by atoms with Crippen molar-refractivity contribution in [2.24, 2.45) is 0 Å². The van der Waals surface area contributed by atoms with E-state index in [1.807, 2.05) is 60.9 Å². The average Bonchev–Trinajstić information content (AvgIpc) is 3.49. The summed E-state index contributed by atoms with van der Waals surface area (Å²) >= 11 is 0. The molecule has 1 aromatic heterocycles. The van der Waals surface area contributed by atoms with Gasteiger partial charge in [-0.15, -0.1) is 0 Å². The molecule has 2 aromatic carbocycles. The van der Waals surface area contributed by atoms with Crippen molar-refractivity contribution >= 4 is 23.1 Å². The van der Waals surface area contributed by atoms with Gasteiger partial charge in [-0.05, 0) is 42.7 Å². The molecule has 0 saturated carbocycles. The molecule has 4 rings (SSSR count). The van der Waals surface area contributed by atoms with Crippen LogP contribution >= 0.6 is 0 Å². The molecule has 3 aromatic rings. The predicted octanol–water partition coefficient (Wildman–Crippen LogP) is 4.25. The first-order valence-corrected chi connectivity index (χ1v) is 12.2. The minimum atomic E-state index is -0.691. The van der Waals surface area contributed by atoms with E-state index < -0.39 is 17.7 Å². The van der Waals surface area contributed by atoms with E-state index in [0.717, 1.165) is 17.7 Å². The first-order chi connectivity index (χ1) is 17.4. The molecular formula is C28H32N4O4. The van der Waals surface area contributed by atoms with Gasteiger partial charge in [0.15, 0.2) is 0 Å². The molecular weight excluding hydrogens is 456 g/mol. The van der Waals surface area contributed by atoms with Crippen LogP contribution in [0.2, 0.25) is 0 Å². The minimum Gasteiger partial charge on any atom is -0.507 e. The summed E-state index contributed by atoms with van der Waals surface area (Å²) in [6.07, 6.45) is 6.77. The van der Waals surface area contributed by atoms with Gasteiger partial charge in [0.05, 0.1) is 24.5 Å². The Bertz CT molecular complexity index is 1230. The number of amides is 1. The van der Waals surface area contributed by atoms with Crippen LogP contribution in [0.4, 0.5) is 5.69 Å². The van der Waals surface area contributed by atoms with E-state index >= 15 is 0 Å². The van der Waals surface area contributed by atoms with Crippen molar-refractivity contribution in [3.63, 3.8) is 0 Å². The second-order valence-corrected chi connectivity index (χ2v) is 9.01. The quantitative estimate of drug-likeness (QED) is 0.261. The maximum atomic E-state index is 13.3. The summed E-state index contributed by atoms with van der Waals surface area (Å²) in [6, 6.07) is 14.0. The van der Waals surface area contributed by atoms with Crippen LogP contribution in [0.5, 0.6) is 5.75 Å². The second-order valence-electron chi connectivity index (χ2n) is 9.01. The Hall–Kier alpha value is -4.07. The van der Waals surface area contributed by atoms with E-state index in [9.17, 15) is 14.7 Å². The lowest BCUT2D eigenvalue weighted by Crippen LogP contribution is -2.31. The number of Topliss-reactive ketones (excluding diaryl/α,β-unsaturated/α-hetero) is 1. The number of rotatable bonds is 10. The zero-order chi connectivity index (χ0) is 25.7. The van der Waals surface area contributed by atoms with Gasteiger partial charge in [0.25, 0.3) is 11.7 Å². The smallest absolute Gasteiger partial charge is 0.295 e. The number of aliphatic hydroxyl groups excluding tert-OH is 1. The number of aliphatic hydroxyl groups is 1. The Balaban J connectivity index is 1.72. The lowest BCUT2D eigenvalue weighted by molar-refractivity contribution is -0.139. The van der Waals surface area contributed by atoms with Gasteiger partial charge in [-0.3, -0.25) is 9.59 Å². The molecule has 1 atom stereocenters. The van der Waals surface area contributed by atoms with Gasteiger partial charge >= 0.3 is 0 Å². The number of hydrogen-bond donors (Lipinski definition) is 1. The van der Waals surface area contributed by atoms with Gasteiger partial charge in [-0.25, -0.2) is 4.98 Å². The lowest BCUT2D eigenvalue weighted by atomic mass is 9.95. The van der Waals surface area contributed by atoms with Crippen LogP contribution in [-0.4, -0.2) is 58.5 Å². The molecule has 1 aliphatic rings. The normalized spacial score (nSPS) is 17.0. The van der Waals surface area contributed by atoms with Crippen molar-refractivity contribution in [3.8, 4) is 5.75 Å². The van der Waals surface area contributed by atoms with Crippen molar-refractivity contribution in [1.82, 2.24) is 14.5 Å². The maximum absolute atomic E-state index is 13.3. The molecule has 8 heteroatoms. The SMILES string of the molecule is CCCOc1cccc(C(O)=C2C(=O)C(=O)N(CCCn3ccnc3)C2c2ccc(N(C)C)cc2)c1. The Kier molecular flexibility index (Phi) is 7.73. The van der Waals surface area contributed by atoms with Crippen molar-refractivity contribution in [1.29, 1.82) is 0 Å². The lowest BCUT2D eigenvalue weighted by Gasteiger charge is -2.26. The number of nitrogens with zero attached hydrogens (tertiary/aromatic N) is 4. The number of aryl methyl sites for hydroxylation is 1. The molecule has 1 fully saturated rings. The number of benzene rings is 2. The van der Waals surface area contributed by atoms with Crippen LogP contribution in [0.1, 0.15) is 36.9 Å². The Morgan fingerprint density at radius 2 is 1.89 bits per heavy atom. The third kappa shape index (κ3) is 5.27. The molecule has 0 aliphatic carbocycles. The topological polar surface area (TPSA) is 87.9 Å². The molecule has 1 aliphatic heterocycles. The fourth-order valence-electron chi connectivity index (χ4n) is 4.36. The van der Waals surface area contributed by atoms with Gasteiger partial charge in [-0.1, -0.05) is 31.2 Å². The molecule has 1 amide bonds. The Morgan fingerprint density at radius 3 is 2.56 bits per heavy atom. The zero-order valence-corrected chi connectivity index (χ0v) is 20.9. The fourth-order valence-corrected chi connectivity index (χ4v) is 4.36. The standard InChI is InChI=1S/C28H32N4O4/c1-4-17-36-23-8-5-7-21(18-23)26(33)24-25(20-9-11-22(12-10-20)30(2)3)32(28(35)27(24)34)15-6-14-31-16-13-29-19-31/h5,7-13,16,18-19,25,33H,4,6,14-15,17H2,1-3H3. The Labute approximate surface area is 211 Å². The highest BCUT2D eigenvalue weighted by atomic mass is 16.5. The number of ketones is 1. The summed E-state index contributed by atoms with van der Waals surface area (Å²) in [4.78, 5) is 34.1. The number of likely N-dealkylation sites (tertiary alicyclic amines) is 1. The van der Waals surface area contributed by atoms with Gasteiger partial charge < -0.3 is 24.2 Å². The summed E-state index contributed by atoms with van der Waals surface area (Å²) in [6.45, 7) is 3.58. The van der Waals surface area contributed by atoms with Crippen LogP contribution in [0.15, 0.2) is 72.8 Å². The van der Waals surface area contributed by atoms with Crippen molar-refractivity contribution in [2.45, 2.75) is 32.4 Å². The summed E-state index contributed by atoms with van der Waals surface area (Å²) < 4.78 is 7.64. The van der Waals surface area contributed by atoms with Crippen molar-refractivity contribution in [3.05, 3.63) is 84.0 Å². The summed E-state index contributed by atoms with van der Waals surface area (Å²) in [5.74, 6) is -0.893. The minimum absolute atomic E-state index is 0.0906. The van der Waals surface area contributed by atoms with E-state index in [-0.39, 0.29) is 11.3 Å². The summed E-state index contributed by atoms with van der Waals surface area (Å²) in [5, 5.41) is 11.3. The van der Waals surface area contributed by atoms with Crippen LogP contribution < -0.4 is 9.64 Å². The zero-order valence-electron chi connectivity index (χ0n) is 20.9. The molecule has 0 spiro atoms. The molecule has 1 unspecified atom stereocenters. The van der Waals surface area contributed by atoms with Crippen molar-refractivity contribution in [2.75, 3.05) is 32.1 Å². The van der Waals surface area contributed by atoms with Gasteiger partial charge in [0.2, 0.25) is 0 Å². The number of carbonyl (C=O) groups excluding carboxylic acids is 2. The molecule has 0 radical (unpaired) electrons. The summed E-state index contributed by atoms with van der Waals surface area (Å²) in [5.41, 5.74) is 2.29. The molecule has 36 heavy (non-hydrogen) atoms. The van der Waals surface area contributed by atoms with E-state index in [1.165, 1.54) is 0 Å². The third-order valence-corrected chi connectivity index (χ3v) is 6.22. The van der Waals surface area contributed by atoms with E-state index in [0.29, 0.717) is 37.4 Å². The number of carbonyl (C=O) groups is 2. The monoisotopic (exact) mass is 488 g/mol. The largest absolute Gasteiger partial charge is 0.507 e. The van der Waals surface area contributed by atoms with E-state index in [4.69, 9.17) is 4.74 Å². The first kappa shape index (κ1) is 25.0. The van der Waals surface area contributed by atoms with Crippen LogP contribution in [0, 0.1) is 0 Å². The van der Waals surface area contributed by atoms with Crippen LogP contribution in [-0.2, 0) is 16.1 Å². The fraction of sp³-hybridized carbons (Fsp3) is 0.321. The number of imidazole rings is 1. The molecule has 8 nitrogen and oxygen atoms in total. The molecule has 1 N–H and O–H groups in total. The predicted molar refractivity (Wildman–Crippen MR) is 139 cm³/mol. The third-order valence-electron chi connectivity index (χ3n) is 6.22. The highest BCUT2D eigenvalue weighted by molar-refractivity contribution is 6.46. The molecule has 188 valence electrons. The highest BCUT2D eigenvalue weighted by Crippen LogP contribution is 2.40. The van der Waals surface area contributed by atoms with Gasteiger partial charge in [-0.2, -0.15) is 0 Å². The second kappa shape index (κ2) is 11.1. The molecule has 2 heterocycles. The maximum Gasteiger partial charge on any atom is 0.295 e. The van der Waals surface area contributed by atoms with Gasteiger partial charge in [0, 0.05) is 50.8 Å². The van der Waals surface area contributed by atoms with Gasteiger partial charge in [0.1, 0.15) is 11.5 Å². The highest BCUT2D eigenvalue weighted by Gasteiger charge is 2.45. The average molecular weight is 489 g/mol. The molecule has 1 saturated heterocycles. The first-order valence-electron chi connectivity index (χ1n) is 12.2. The van der Waals surface area contributed by atoms with E-state index in [1.54, 1.807) is 41.7 Å². The number of anilines is 1. The molecule has 0 bridgehead atoms. The van der Waals surface area contributed by atoms with Crippen LogP contribution in [0.3, 0.4) is 0 Å². The number of hydrogen-bond acceptors (Lipinski definition) is 6. The number of ether oxygens (including phenoxy) is 1. The summed E-state index contributed by atoms with van der Waals surface area (Å²) in [7, 11) is 3.90. The Morgan fingerprint density at radius 1 is 1.11 bits per heavy atom. The van der Waals surface area contributed by atoms with E-state index in [2.05, 4.69) is 4.98 Å². The van der Waals surface area contributed by atoms with Crippen molar-refractivity contribution < 1.29 is 19.4 Å². The van der Waals surface area contributed by atoms with Crippen LogP contribution in [0.25, 0.3) is 5.76 Å². The number of aromatic nitrogens is 2.